The number of benzene rings is 1. The Hall–Kier alpha value is -3.94. The topological polar surface area (TPSA) is 111 Å². The molecule has 0 spiro atoms. The van der Waals surface area contributed by atoms with Crippen molar-refractivity contribution < 1.29 is 13.2 Å². The fourth-order valence-corrected chi connectivity index (χ4v) is 5.20. The van der Waals surface area contributed by atoms with Gasteiger partial charge in [-0.1, -0.05) is 24.1 Å². The molecule has 0 bridgehead atoms. The van der Waals surface area contributed by atoms with Gasteiger partial charge in [0.1, 0.15) is 34.9 Å². The summed E-state index contributed by atoms with van der Waals surface area (Å²) in [6.07, 6.45) is 9.46. The van der Waals surface area contributed by atoms with Crippen molar-refractivity contribution in [1.29, 1.82) is 0 Å². The molecule has 0 amide bonds. The van der Waals surface area contributed by atoms with Gasteiger partial charge in [-0.05, 0) is 50.5 Å². The fourth-order valence-electron chi connectivity index (χ4n) is 4.36. The third-order valence-corrected chi connectivity index (χ3v) is 7.13. The molecule has 0 radical (unpaired) electrons. The van der Waals surface area contributed by atoms with E-state index in [1.165, 1.54) is 6.26 Å². The van der Waals surface area contributed by atoms with E-state index in [2.05, 4.69) is 21.5 Å². The average Bonchev–Trinajstić information content (AvgIpc) is 3.20. The smallest absolute Gasteiger partial charge is 0.177 e. The summed E-state index contributed by atoms with van der Waals surface area (Å²) in [7, 11) is -3.46. The second kappa shape index (κ2) is 9.60. The summed E-state index contributed by atoms with van der Waals surface area (Å²) < 4.78 is 32.9. The van der Waals surface area contributed by atoms with Crippen LogP contribution in [0.3, 0.4) is 0 Å². The van der Waals surface area contributed by atoms with E-state index in [0.717, 1.165) is 25.1 Å². The van der Waals surface area contributed by atoms with Gasteiger partial charge in [0.2, 0.25) is 0 Å². The molecule has 1 aliphatic heterocycles. The van der Waals surface area contributed by atoms with E-state index in [-0.39, 0.29) is 11.1 Å². The highest BCUT2D eigenvalue weighted by Gasteiger charge is 2.24. The van der Waals surface area contributed by atoms with Crippen molar-refractivity contribution in [1.82, 2.24) is 19.5 Å². The SMILES string of the molecule is C#Cc1cccc(Nc2cc(Nc3ccccc3S(C)(=O)=O)c3nc(C)n(C4CCCCO4)c3n2)n1. The molecule has 36 heavy (non-hydrogen) atoms. The molecule has 0 saturated carbocycles. The zero-order chi connectivity index (χ0) is 25.3. The molecule has 4 heterocycles. The van der Waals surface area contributed by atoms with Gasteiger partial charge < -0.3 is 15.4 Å². The maximum atomic E-state index is 12.4. The number of aromatic nitrogens is 4. The van der Waals surface area contributed by atoms with Crippen LogP contribution in [0.15, 0.2) is 53.4 Å². The minimum Gasteiger partial charge on any atom is -0.358 e. The molecule has 1 unspecified atom stereocenters. The molecule has 4 aromatic rings. The monoisotopic (exact) mass is 502 g/mol. The second-order valence-electron chi connectivity index (χ2n) is 8.65. The number of nitrogens with zero attached hydrogens (tertiary/aromatic N) is 4. The number of aryl methyl sites for hydroxylation is 1. The molecule has 1 fully saturated rings. The molecule has 1 aliphatic rings. The standard InChI is InChI=1S/C26H26N6O3S/c1-4-18-10-9-13-22(28-18)30-23-16-20(29-19-11-5-6-12-21(19)36(3,33)34)25-26(31-23)32(17(2)27-25)24-14-7-8-15-35-24/h1,5-6,9-13,16,24H,7-8,14-15H2,2-3H3,(H2,28,29,30,31). The molecule has 0 aliphatic carbocycles. The van der Waals surface area contributed by atoms with Crippen LogP contribution >= 0.6 is 0 Å². The molecular formula is C26H26N6O3S. The van der Waals surface area contributed by atoms with Crippen LogP contribution in [0.4, 0.5) is 23.0 Å². The largest absolute Gasteiger partial charge is 0.358 e. The zero-order valence-corrected chi connectivity index (χ0v) is 20.8. The van der Waals surface area contributed by atoms with Crippen LogP contribution in [0.5, 0.6) is 0 Å². The summed E-state index contributed by atoms with van der Waals surface area (Å²) >= 11 is 0. The molecule has 5 rings (SSSR count). The lowest BCUT2D eigenvalue weighted by Crippen LogP contribution is -2.19. The molecule has 1 aromatic carbocycles. The molecular weight excluding hydrogens is 476 g/mol. The highest BCUT2D eigenvalue weighted by Crippen LogP contribution is 2.35. The molecule has 9 nitrogen and oxygen atoms in total. The number of pyridine rings is 2. The first-order chi connectivity index (χ1) is 17.3. The number of terminal acetylenes is 1. The van der Waals surface area contributed by atoms with Crippen molar-refractivity contribution in [3.05, 3.63) is 60.0 Å². The van der Waals surface area contributed by atoms with Gasteiger partial charge in [-0.15, -0.1) is 6.42 Å². The summed E-state index contributed by atoms with van der Waals surface area (Å²) in [4.78, 5) is 14.2. The quantitative estimate of drug-likeness (QED) is 0.365. The lowest BCUT2D eigenvalue weighted by Gasteiger charge is -2.25. The fraction of sp³-hybridized carbons (Fsp3) is 0.269. The number of rotatable bonds is 6. The van der Waals surface area contributed by atoms with Gasteiger partial charge in [0, 0.05) is 18.9 Å². The van der Waals surface area contributed by atoms with Gasteiger partial charge in [0.25, 0.3) is 0 Å². The minimum absolute atomic E-state index is 0.175. The van der Waals surface area contributed by atoms with Gasteiger partial charge in [-0.25, -0.2) is 23.4 Å². The van der Waals surface area contributed by atoms with Crippen LogP contribution in [-0.2, 0) is 14.6 Å². The molecule has 184 valence electrons. The van der Waals surface area contributed by atoms with Crippen LogP contribution in [0.2, 0.25) is 0 Å². The third kappa shape index (κ3) is 4.76. The number of ether oxygens (including phenoxy) is 1. The number of hydrogen-bond acceptors (Lipinski definition) is 8. The summed E-state index contributed by atoms with van der Waals surface area (Å²) in [5, 5.41) is 6.51. The molecule has 1 saturated heterocycles. The predicted octanol–water partition coefficient (Wildman–Crippen LogP) is 4.71. The second-order valence-corrected chi connectivity index (χ2v) is 10.6. The Bertz CT molecular complexity index is 1580. The van der Waals surface area contributed by atoms with Gasteiger partial charge in [-0.3, -0.25) is 4.57 Å². The molecule has 2 N–H and O–H groups in total. The van der Waals surface area contributed by atoms with Gasteiger partial charge >= 0.3 is 0 Å². The Morgan fingerprint density at radius 2 is 1.86 bits per heavy atom. The number of imidazole rings is 1. The van der Waals surface area contributed by atoms with Crippen LogP contribution in [-0.4, -0.2) is 40.8 Å². The third-order valence-electron chi connectivity index (χ3n) is 5.98. The van der Waals surface area contributed by atoms with Crippen LogP contribution < -0.4 is 10.6 Å². The van der Waals surface area contributed by atoms with Gasteiger partial charge in [0.15, 0.2) is 15.5 Å². The Kier molecular flexibility index (Phi) is 6.35. The first-order valence-electron chi connectivity index (χ1n) is 11.6. The molecule has 10 heteroatoms. The van der Waals surface area contributed by atoms with Crippen molar-refractivity contribution >= 4 is 44.0 Å². The Morgan fingerprint density at radius 1 is 1.03 bits per heavy atom. The maximum absolute atomic E-state index is 12.4. The van der Waals surface area contributed by atoms with E-state index in [4.69, 9.17) is 21.1 Å². The average molecular weight is 503 g/mol. The Labute approximate surface area is 209 Å². The van der Waals surface area contributed by atoms with Gasteiger partial charge in [-0.2, -0.15) is 0 Å². The first kappa shape index (κ1) is 23.8. The summed E-state index contributed by atoms with van der Waals surface area (Å²) in [6, 6.07) is 13.9. The van der Waals surface area contributed by atoms with E-state index < -0.39 is 9.84 Å². The summed E-state index contributed by atoms with van der Waals surface area (Å²) in [5.74, 6) is 4.33. The zero-order valence-electron chi connectivity index (χ0n) is 20.0. The number of fused-ring (bicyclic) bond motifs is 1. The first-order valence-corrected chi connectivity index (χ1v) is 13.5. The number of para-hydroxylation sites is 1. The van der Waals surface area contributed by atoms with Crippen LogP contribution in [0, 0.1) is 19.3 Å². The lowest BCUT2D eigenvalue weighted by atomic mass is 10.2. The number of sulfone groups is 1. The number of nitrogens with one attached hydrogen (secondary N) is 2. The Morgan fingerprint density at radius 3 is 2.61 bits per heavy atom. The van der Waals surface area contributed by atoms with Crippen molar-refractivity contribution in [3.8, 4) is 12.3 Å². The lowest BCUT2D eigenvalue weighted by molar-refractivity contribution is -0.0308. The van der Waals surface area contributed by atoms with E-state index >= 15 is 0 Å². The predicted molar refractivity (Wildman–Crippen MR) is 139 cm³/mol. The Balaban J connectivity index is 1.66. The van der Waals surface area contributed by atoms with Crippen molar-refractivity contribution in [3.63, 3.8) is 0 Å². The molecule has 1 atom stereocenters. The number of anilines is 4. The van der Waals surface area contributed by atoms with E-state index in [1.54, 1.807) is 42.5 Å². The van der Waals surface area contributed by atoms with E-state index in [0.29, 0.717) is 46.5 Å². The summed E-state index contributed by atoms with van der Waals surface area (Å²) in [5.41, 5.74) is 2.78. The van der Waals surface area contributed by atoms with Crippen LogP contribution in [0.25, 0.3) is 11.2 Å². The highest BCUT2D eigenvalue weighted by atomic mass is 32.2. The van der Waals surface area contributed by atoms with Gasteiger partial charge in [0.05, 0.1) is 16.3 Å². The maximum Gasteiger partial charge on any atom is 0.177 e. The van der Waals surface area contributed by atoms with E-state index in [1.807, 2.05) is 17.6 Å². The highest BCUT2D eigenvalue weighted by molar-refractivity contribution is 7.90. The number of hydrogen-bond donors (Lipinski definition) is 2. The molecule has 3 aromatic heterocycles. The summed E-state index contributed by atoms with van der Waals surface area (Å²) in [6.45, 7) is 2.59. The van der Waals surface area contributed by atoms with Crippen molar-refractivity contribution in [2.24, 2.45) is 0 Å². The van der Waals surface area contributed by atoms with E-state index in [9.17, 15) is 8.42 Å². The normalized spacial score (nSPS) is 16.0. The van der Waals surface area contributed by atoms with Crippen molar-refractivity contribution in [2.45, 2.75) is 37.3 Å². The minimum atomic E-state index is -3.46. The van der Waals surface area contributed by atoms with Crippen molar-refractivity contribution in [2.75, 3.05) is 23.5 Å². The van der Waals surface area contributed by atoms with Crippen LogP contribution in [0.1, 0.15) is 37.0 Å².